The normalized spacial score (nSPS) is 11.9. The molecule has 0 saturated heterocycles. The summed E-state index contributed by atoms with van der Waals surface area (Å²) >= 11 is 0. The molecule has 0 radical (unpaired) electrons. The van der Waals surface area contributed by atoms with Gasteiger partial charge in [0.2, 0.25) is 0 Å². The molecule has 2 amide bonds. The zero-order chi connectivity index (χ0) is 9.02. The number of carboxylic acid groups (broad SMARTS) is 1. The van der Waals surface area contributed by atoms with Crippen LogP contribution >= 0.6 is 0 Å². The molecule has 4 N–H and O–H groups in total. The van der Waals surface area contributed by atoms with Gasteiger partial charge in [-0.15, -0.1) is 0 Å². The Labute approximate surface area is 63.9 Å². The molecule has 0 aliphatic rings. The molecule has 0 unspecified atom stereocenters. The Bertz CT molecular complexity index is 168. The Morgan fingerprint density at radius 1 is 1.64 bits per heavy atom. The molecule has 0 rings (SSSR count). The van der Waals surface area contributed by atoms with Crippen LogP contribution in [0.25, 0.3) is 0 Å². The number of carbonyl (C=O) groups is 2. The van der Waals surface area contributed by atoms with Crippen molar-refractivity contribution in [3.05, 3.63) is 0 Å². The minimum absolute atomic E-state index is 0.625. The molecule has 0 spiro atoms. The number of nitrogens with zero attached hydrogens (tertiary/aromatic N) is 1. The van der Waals surface area contributed by atoms with Gasteiger partial charge >= 0.3 is 12.0 Å². The van der Waals surface area contributed by atoms with Crippen LogP contribution in [0.3, 0.4) is 0 Å². The summed E-state index contributed by atoms with van der Waals surface area (Å²) < 4.78 is 0. The first-order valence-corrected chi connectivity index (χ1v) is 2.97. The number of hydrogen-bond donors (Lipinski definition) is 3. The topological polar surface area (TPSA) is 95.7 Å². The number of carbonyl (C=O) groups excluding carboxylic acids is 1. The highest BCUT2D eigenvalue weighted by Crippen LogP contribution is 1.82. The molecule has 1 atom stereocenters. The molecule has 0 heterocycles. The molecule has 6 heteroatoms. The number of aliphatic carboxylic acids is 1. The van der Waals surface area contributed by atoms with E-state index in [2.05, 4.69) is 5.32 Å². The third kappa shape index (κ3) is 3.41. The van der Waals surface area contributed by atoms with Crippen LogP contribution in [0.2, 0.25) is 0 Å². The van der Waals surface area contributed by atoms with Gasteiger partial charge in [-0.25, -0.2) is 10.6 Å². The fourth-order valence-corrected chi connectivity index (χ4v) is 0.349. The van der Waals surface area contributed by atoms with Crippen molar-refractivity contribution < 1.29 is 14.7 Å². The second kappa shape index (κ2) is 3.77. The molecule has 0 aromatic rings. The van der Waals surface area contributed by atoms with Crippen LogP contribution in [0.4, 0.5) is 4.79 Å². The predicted octanol–water partition coefficient (Wildman–Crippen LogP) is -1.03. The minimum Gasteiger partial charge on any atom is -0.480 e. The van der Waals surface area contributed by atoms with Gasteiger partial charge in [-0.2, -0.15) is 0 Å². The number of urea groups is 1. The zero-order valence-corrected chi connectivity index (χ0v) is 6.37. The molecular weight excluding hydrogens is 150 g/mol. The number of hydrogen-bond acceptors (Lipinski definition) is 3. The summed E-state index contributed by atoms with van der Waals surface area (Å²) in [7, 11) is 1.32. The summed E-state index contributed by atoms with van der Waals surface area (Å²) in [6, 6.07) is -1.55. The van der Waals surface area contributed by atoms with E-state index in [4.69, 9.17) is 10.9 Å². The highest BCUT2D eigenvalue weighted by molar-refractivity contribution is 5.81. The lowest BCUT2D eigenvalue weighted by Crippen LogP contribution is -2.47. The van der Waals surface area contributed by atoms with Crippen LogP contribution < -0.4 is 11.2 Å². The van der Waals surface area contributed by atoms with E-state index in [0.717, 1.165) is 5.01 Å². The van der Waals surface area contributed by atoms with E-state index in [9.17, 15) is 9.59 Å². The van der Waals surface area contributed by atoms with Gasteiger partial charge in [-0.1, -0.05) is 0 Å². The summed E-state index contributed by atoms with van der Waals surface area (Å²) in [5.74, 6) is 3.92. The van der Waals surface area contributed by atoms with Gasteiger partial charge in [0, 0.05) is 7.05 Å². The van der Waals surface area contributed by atoms with Crippen molar-refractivity contribution in [1.82, 2.24) is 10.3 Å². The van der Waals surface area contributed by atoms with Gasteiger partial charge in [0.15, 0.2) is 0 Å². The van der Waals surface area contributed by atoms with Gasteiger partial charge in [0.1, 0.15) is 6.04 Å². The van der Waals surface area contributed by atoms with Crippen molar-refractivity contribution in [1.29, 1.82) is 0 Å². The third-order valence-electron chi connectivity index (χ3n) is 1.03. The van der Waals surface area contributed by atoms with Crippen molar-refractivity contribution in [3.8, 4) is 0 Å². The number of hydrazine groups is 1. The molecule has 0 aromatic heterocycles. The molecule has 0 aromatic carbocycles. The lowest BCUT2D eigenvalue weighted by molar-refractivity contribution is -0.138. The van der Waals surface area contributed by atoms with Crippen LogP contribution in [0.15, 0.2) is 0 Å². The van der Waals surface area contributed by atoms with Crippen LogP contribution in [-0.4, -0.2) is 35.2 Å². The highest BCUT2D eigenvalue weighted by atomic mass is 16.4. The number of nitrogens with two attached hydrogens (primary N) is 1. The Hall–Kier alpha value is -1.30. The summed E-state index contributed by atoms with van der Waals surface area (Å²) in [4.78, 5) is 20.9. The van der Waals surface area contributed by atoms with Crippen LogP contribution in [0, 0.1) is 0 Å². The monoisotopic (exact) mass is 161 g/mol. The maximum absolute atomic E-state index is 10.7. The number of carboxylic acids is 1. The Morgan fingerprint density at radius 3 is 2.36 bits per heavy atom. The van der Waals surface area contributed by atoms with Crippen molar-refractivity contribution >= 4 is 12.0 Å². The number of rotatable bonds is 2. The lowest BCUT2D eigenvalue weighted by atomic mass is 10.3. The summed E-state index contributed by atoms with van der Waals surface area (Å²) in [6.45, 7) is 1.35. The van der Waals surface area contributed by atoms with Gasteiger partial charge in [0.25, 0.3) is 0 Å². The highest BCUT2D eigenvalue weighted by Gasteiger charge is 2.14. The van der Waals surface area contributed by atoms with Crippen molar-refractivity contribution in [2.24, 2.45) is 5.84 Å². The van der Waals surface area contributed by atoms with E-state index in [1.54, 1.807) is 0 Å². The Morgan fingerprint density at radius 2 is 2.09 bits per heavy atom. The fraction of sp³-hybridized carbons (Fsp3) is 0.600. The number of amides is 2. The van der Waals surface area contributed by atoms with Crippen LogP contribution in [0.1, 0.15) is 6.92 Å². The molecule has 0 aliphatic carbocycles. The zero-order valence-electron chi connectivity index (χ0n) is 6.37. The molecule has 0 bridgehead atoms. The average Bonchev–Trinajstić information content (AvgIpc) is 1.87. The first-order chi connectivity index (χ1) is 4.95. The van der Waals surface area contributed by atoms with E-state index >= 15 is 0 Å². The van der Waals surface area contributed by atoms with Gasteiger partial charge in [-0.3, -0.25) is 9.80 Å². The van der Waals surface area contributed by atoms with E-state index in [1.807, 2.05) is 0 Å². The molecular formula is C5H11N3O3. The quantitative estimate of drug-likeness (QED) is 0.274. The molecule has 64 valence electrons. The molecule has 0 aliphatic heterocycles. The molecule has 0 saturated carbocycles. The molecule has 11 heavy (non-hydrogen) atoms. The van der Waals surface area contributed by atoms with Crippen LogP contribution in [0.5, 0.6) is 0 Å². The second-order valence-corrected chi connectivity index (χ2v) is 2.12. The van der Waals surface area contributed by atoms with Gasteiger partial charge < -0.3 is 10.4 Å². The fourth-order valence-electron chi connectivity index (χ4n) is 0.349. The van der Waals surface area contributed by atoms with E-state index in [0.29, 0.717) is 0 Å². The number of nitrogens with one attached hydrogen (secondary N) is 1. The lowest BCUT2D eigenvalue weighted by Gasteiger charge is -2.13. The SMILES string of the molecule is C[C@H](NC(=O)N(C)N)C(=O)O. The van der Waals surface area contributed by atoms with E-state index in [1.165, 1.54) is 14.0 Å². The van der Waals surface area contributed by atoms with E-state index < -0.39 is 18.0 Å². The maximum atomic E-state index is 10.7. The smallest absolute Gasteiger partial charge is 0.331 e. The predicted molar refractivity (Wildman–Crippen MR) is 37.6 cm³/mol. The Balaban J connectivity index is 3.85. The average molecular weight is 161 g/mol. The van der Waals surface area contributed by atoms with Crippen molar-refractivity contribution in [2.75, 3.05) is 7.05 Å². The van der Waals surface area contributed by atoms with Gasteiger partial charge in [-0.05, 0) is 6.92 Å². The summed E-state index contributed by atoms with van der Waals surface area (Å²) in [5.41, 5.74) is 0. The van der Waals surface area contributed by atoms with Crippen molar-refractivity contribution in [3.63, 3.8) is 0 Å². The second-order valence-electron chi connectivity index (χ2n) is 2.12. The van der Waals surface area contributed by atoms with E-state index in [-0.39, 0.29) is 0 Å². The molecule has 6 nitrogen and oxygen atoms in total. The standard InChI is InChI=1S/C5H11N3O3/c1-3(4(9)10)7-5(11)8(2)6/h3H,6H2,1-2H3,(H,7,11)(H,9,10)/t3-/m0/s1. The minimum atomic E-state index is -1.10. The first-order valence-electron chi connectivity index (χ1n) is 2.97. The summed E-state index contributed by atoms with van der Waals surface area (Å²) in [6.07, 6.45) is 0. The molecule has 0 fully saturated rings. The first kappa shape index (κ1) is 9.70. The van der Waals surface area contributed by atoms with Gasteiger partial charge in [0.05, 0.1) is 0 Å². The summed E-state index contributed by atoms with van der Waals surface area (Å²) in [5, 5.41) is 11.3. The Kier molecular flexibility index (Phi) is 3.32. The third-order valence-corrected chi connectivity index (χ3v) is 1.03. The maximum Gasteiger partial charge on any atom is 0.331 e. The van der Waals surface area contributed by atoms with Crippen LogP contribution in [-0.2, 0) is 4.79 Å². The van der Waals surface area contributed by atoms with Crippen molar-refractivity contribution in [2.45, 2.75) is 13.0 Å². The largest absolute Gasteiger partial charge is 0.480 e.